The van der Waals surface area contributed by atoms with Crippen LogP contribution in [0.2, 0.25) is 19.6 Å². The van der Waals surface area contributed by atoms with E-state index in [1.54, 1.807) is 0 Å². The van der Waals surface area contributed by atoms with Gasteiger partial charge in [0.25, 0.3) is 0 Å². The molecule has 0 saturated heterocycles. The lowest BCUT2D eigenvalue weighted by Gasteiger charge is -2.35. The molecule has 0 radical (unpaired) electrons. The molecule has 0 fully saturated rings. The highest BCUT2D eigenvalue weighted by Gasteiger charge is 2.38. The second-order valence-electron chi connectivity index (χ2n) is 8.56. The Hall–Kier alpha value is -2.00. The van der Waals surface area contributed by atoms with E-state index >= 15 is 0 Å². The number of aryl methyl sites for hydroxylation is 1. The molecule has 28 heavy (non-hydrogen) atoms. The van der Waals surface area contributed by atoms with Gasteiger partial charge in [-0.2, -0.15) is 5.26 Å². The molecular formula is C23H29FN2OSi. The number of fused-ring (bicyclic) bond motifs is 1. The Morgan fingerprint density at radius 1 is 1.18 bits per heavy atom. The monoisotopic (exact) mass is 396 g/mol. The van der Waals surface area contributed by atoms with Crippen molar-refractivity contribution in [1.29, 1.82) is 5.26 Å². The van der Waals surface area contributed by atoms with E-state index in [0.717, 1.165) is 36.0 Å². The summed E-state index contributed by atoms with van der Waals surface area (Å²) in [4.78, 5) is 0. The number of hydrogen-bond acceptors (Lipinski definition) is 3. The summed E-state index contributed by atoms with van der Waals surface area (Å²) in [5.74, 6) is -0.295. The molecule has 3 nitrogen and oxygen atoms in total. The molecule has 0 bridgehead atoms. The first-order chi connectivity index (χ1) is 13.3. The maximum atomic E-state index is 14.1. The SMILES string of the molecule is C[Si](C)(C)OC[C@H](N[C@]1(C#N)CCCCc2ccc(F)cc21)c1ccccc1. The van der Waals surface area contributed by atoms with Crippen LogP contribution in [-0.2, 0) is 16.4 Å². The van der Waals surface area contributed by atoms with Crippen LogP contribution in [0.1, 0.15) is 42.0 Å². The smallest absolute Gasteiger partial charge is 0.183 e. The van der Waals surface area contributed by atoms with Gasteiger partial charge in [0.2, 0.25) is 0 Å². The molecular weight excluding hydrogens is 367 g/mol. The second kappa shape index (κ2) is 8.56. The van der Waals surface area contributed by atoms with E-state index < -0.39 is 13.9 Å². The number of halogens is 1. The van der Waals surface area contributed by atoms with E-state index in [-0.39, 0.29) is 11.9 Å². The lowest BCUT2D eigenvalue weighted by molar-refractivity contribution is 0.225. The Morgan fingerprint density at radius 2 is 1.93 bits per heavy atom. The van der Waals surface area contributed by atoms with Gasteiger partial charge in [0.1, 0.15) is 11.4 Å². The summed E-state index contributed by atoms with van der Waals surface area (Å²) in [5, 5.41) is 13.9. The molecule has 1 aliphatic carbocycles. The van der Waals surface area contributed by atoms with Crippen LogP contribution in [0.15, 0.2) is 48.5 Å². The number of nitrogens with one attached hydrogen (secondary N) is 1. The standard InChI is InChI=1S/C23H29FN2OSi/c1-28(2,3)27-16-22(19-10-5-4-6-11-19)26-23(17-25)14-8-7-9-18-12-13-20(24)15-21(18)23/h4-6,10-13,15,22,26H,7-9,14,16H2,1-3H3/t22-,23-/m0/s1. The summed E-state index contributed by atoms with van der Waals surface area (Å²) in [6.45, 7) is 6.97. The molecule has 5 heteroatoms. The minimum atomic E-state index is -1.73. The van der Waals surface area contributed by atoms with E-state index in [2.05, 4.69) is 43.2 Å². The fraction of sp³-hybridized carbons (Fsp3) is 0.435. The molecule has 1 N–H and O–H groups in total. The van der Waals surface area contributed by atoms with Gasteiger partial charge in [-0.3, -0.25) is 5.32 Å². The summed E-state index contributed by atoms with van der Waals surface area (Å²) in [5.41, 5.74) is 2.00. The third kappa shape index (κ3) is 4.88. The van der Waals surface area contributed by atoms with Crippen molar-refractivity contribution in [3.63, 3.8) is 0 Å². The summed E-state index contributed by atoms with van der Waals surface area (Å²) >= 11 is 0. The molecule has 0 unspecified atom stereocenters. The molecule has 2 aromatic carbocycles. The number of nitriles is 1. The maximum Gasteiger partial charge on any atom is 0.183 e. The van der Waals surface area contributed by atoms with Gasteiger partial charge in [-0.25, -0.2) is 4.39 Å². The zero-order chi connectivity index (χ0) is 20.2. The zero-order valence-electron chi connectivity index (χ0n) is 17.0. The first kappa shape index (κ1) is 20.7. The van der Waals surface area contributed by atoms with Crippen LogP contribution in [-0.4, -0.2) is 14.9 Å². The van der Waals surface area contributed by atoms with Crippen molar-refractivity contribution >= 4 is 8.32 Å². The highest BCUT2D eigenvalue weighted by Crippen LogP contribution is 2.36. The second-order valence-corrected chi connectivity index (χ2v) is 13.1. The molecule has 2 atom stereocenters. The molecule has 148 valence electrons. The van der Waals surface area contributed by atoms with Crippen LogP contribution < -0.4 is 5.32 Å². The molecule has 0 aliphatic heterocycles. The average Bonchev–Trinajstić information content (AvgIpc) is 2.85. The Labute approximate surface area is 168 Å². The third-order valence-electron chi connectivity index (χ3n) is 5.28. The molecule has 1 aliphatic rings. The van der Waals surface area contributed by atoms with Gasteiger partial charge in [0.15, 0.2) is 8.32 Å². The first-order valence-electron chi connectivity index (χ1n) is 10.00. The lowest BCUT2D eigenvalue weighted by Crippen LogP contribution is -2.46. The van der Waals surface area contributed by atoms with E-state index in [1.807, 2.05) is 24.3 Å². The van der Waals surface area contributed by atoms with Gasteiger partial charge in [0.05, 0.1) is 18.7 Å². The number of hydrogen-bond donors (Lipinski definition) is 1. The van der Waals surface area contributed by atoms with Crippen molar-refractivity contribution in [2.45, 2.75) is 56.9 Å². The minimum Gasteiger partial charge on any atom is -0.416 e. The van der Waals surface area contributed by atoms with Gasteiger partial charge in [-0.15, -0.1) is 0 Å². The molecule has 0 heterocycles. The van der Waals surface area contributed by atoms with Gasteiger partial charge < -0.3 is 4.43 Å². The Bertz CT molecular complexity index is 844. The van der Waals surface area contributed by atoms with Crippen molar-refractivity contribution in [2.75, 3.05) is 6.61 Å². The van der Waals surface area contributed by atoms with Crippen molar-refractivity contribution in [3.05, 3.63) is 71.0 Å². The predicted octanol–water partition coefficient (Wildman–Crippen LogP) is 5.45. The predicted molar refractivity (Wildman–Crippen MR) is 113 cm³/mol. The number of rotatable bonds is 6. The Morgan fingerprint density at radius 3 is 2.61 bits per heavy atom. The van der Waals surface area contributed by atoms with E-state index in [1.165, 1.54) is 12.1 Å². The largest absolute Gasteiger partial charge is 0.416 e. The molecule has 0 spiro atoms. The highest BCUT2D eigenvalue weighted by molar-refractivity contribution is 6.69. The highest BCUT2D eigenvalue weighted by atomic mass is 28.4. The van der Waals surface area contributed by atoms with Crippen molar-refractivity contribution < 1.29 is 8.82 Å². The number of nitrogens with zero attached hydrogens (tertiary/aromatic N) is 1. The van der Waals surface area contributed by atoms with Gasteiger partial charge in [0, 0.05) is 0 Å². The van der Waals surface area contributed by atoms with E-state index in [0.29, 0.717) is 13.0 Å². The fourth-order valence-corrected chi connectivity index (χ4v) is 4.51. The van der Waals surface area contributed by atoms with Crippen LogP contribution >= 0.6 is 0 Å². The summed E-state index contributed by atoms with van der Waals surface area (Å²) < 4.78 is 20.3. The minimum absolute atomic E-state index is 0.137. The van der Waals surface area contributed by atoms with Gasteiger partial charge >= 0.3 is 0 Å². The maximum absolute atomic E-state index is 14.1. The first-order valence-corrected chi connectivity index (χ1v) is 13.4. The summed E-state index contributed by atoms with van der Waals surface area (Å²) in [7, 11) is -1.73. The quantitative estimate of drug-likeness (QED) is 0.521. The van der Waals surface area contributed by atoms with Crippen LogP contribution in [0.25, 0.3) is 0 Å². The lowest BCUT2D eigenvalue weighted by atomic mass is 9.84. The van der Waals surface area contributed by atoms with Crippen LogP contribution in [0, 0.1) is 17.1 Å². The zero-order valence-corrected chi connectivity index (χ0v) is 18.0. The van der Waals surface area contributed by atoms with E-state index in [9.17, 15) is 9.65 Å². The van der Waals surface area contributed by atoms with Crippen LogP contribution in [0.4, 0.5) is 4.39 Å². The molecule has 3 rings (SSSR count). The number of benzene rings is 2. The molecule has 0 aromatic heterocycles. The van der Waals surface area contributed by atoms with E-state index in [4.69, 9.17) is 4.43 Å². The normalized spacial score (nSPS) is 20.7. The molecule has 0 saturated carbocycles. The fourth-order valence-electron chi connectivity index (χ4n) is 3.84. The Balaban J connectivity index is 2.00. The van der Waals surface area contributed by atoms with Crippen LogP contribution in [0.5, 0.6) is 0 Å². The van der Waals surface area contributed by atoms with Crippen molar-refractivity contribution in [1.82, 2.24) is 5.32 Å². The van der Waals surface area contributed by atoms with Gasteiger partial charge in [-0.1, -0.05) is 36.4 Å². The van der Waals surface area contributed by atoms with Crippen molar-refractivity contribution in [2.24, 2.45) is 0 Å². The topological polar surface area (TPSA) is 45.0 Å². The average molecular weight is 397 g/mol. The molecule has 0 amide bonds. The summed E-state index contributed by atoms with van der Waals surface area (Å²) in [6.07, 6.45) is 3.47. The third-order valence-corrected chi connectivity index (χ3v) is 6.31. The van der Waals surface area contributed by atoms with Gasteiger partial charge in [-0.05, 0) is 74.1 Å². The molecule has 2 aromatic rings. The summed E-state index contributed by atoms with van der Waals surface area (Å²) in [6, 6.07) is 17.3. The van der Waals surface area contributed by atoms with Crippen LogP contribution in [0.3, 0.4) is 0 Å². The Kier molecular flexibility index (Phi) is 6.34. The van der Waals surface area contributed by atoms with Crippen molar-refractivity contribution in [3.8, 4) is 6.07 Å².